The van der Waals surface area contributed by atoms with Gasteiger partial charge < -0.3 is 16.4 Å². The van der Waals surface area contributed by atoms with E-state index in [2.05, 4.69) is 10.6 Å². The molecular weight excluding hydrogens is 304 g/mol. The average molecular weight is 330 g/mol. The number of amides is 3. The molecule has 1 aliphatic carbocycles. The lowest BCUT2D eigenvalue weighted by molar-refractivity contribution is 0.0915. The fraction of sp³-hybridized carbons (Fsp3) is 0.556. The van der Waals surface area contributed by atoms with Crippen LogP contribution in [-0.4, -0.2) is 37.6 Å². The molecule has 130 valence electrons. The third kappa shape index (κ3) is 3.70. The number of nitrogens with one attached hydrogen (secondary N) is 2. The lowest BCUT2D eigenvalue weighted by atomic mass is 9.84. The molecular formula is C18H26N4O2. The van der Waals surface area contributed by atoms with Crippen LogP contribution in [0.5, 0.6) is 0 Å². The largest absolute Gasteiger partial charge is 0.348 e. The molecule has 1 aliphatic heterocycles. The van der Waals surface area contributed by atoms with Crippen molar-refractivity contribution in [1.82, 2.24) is 10.6 Å². The minimum absolute atomic E-state index is 0.0434. The number of nitrogens with two attached hydrogens (primary N) is 1. The quantitative estimate of drug-likeness (QED) is 0.770. The summed E-state index contributed by atoms with van der Waals surface area (Å²) >= 11 is 0. The fourth-order valence-electron chi connectivity index (χ4n) is 3.67. The zero-order valence-corrected chi connectivity index (χ0v) is 14.0. The second-order valence-electron chi connectivity index (χ2n) is 6.64. The molecule has 2 aliphatic rings. The number of anilines is 1. The minimum Gasteiger partial charge on any atom is -0.348 e. The van der Waals surface area contributed by atoms with Crippen molar-refractivity contribution < 1.29 is 9.59 Å². The summed E-state index contributed by atoms with van der Waals surface area (Å²) in [5.41, 5.74) is 7.30. The maximum Gasteiger partial charge on any atom is 0.321 e. The molecule has 1 atom stereocenters. The first-order chi connectivity index (χ1) is 11.7. The number of hydrogen-bond donors (Lipinski definition) is 3. The first-order valence-corrected chi connectivity index (χ1v) is 8.85. The highest BCUT2D eigenvalue weighted by Gasteiger charge is 2.25. The Kier molecular flexibility index (Phi) is 5.35. The Morgan fingerprint density at radius 3 is 2.54 bits per heavy atom. The average Bonchev–Trinajstić information content (AvgIpc) is 3.06. The molecule has 1 aromatic rings. The van der Waals surface area contributed by atoms with Crippen LogP contribution in [0.1, 0.15) is 42.5 Å². The molecule has 1 aromatic carbocycles. The Labute approximate surface area is 142 Å². The Balaban J connectivity index is 1.62. The summed E-state index contributed by atoms with van der Waals surface area (Å²) in [6.45, 7) is 1.78. The standard InChI is InChI=1S/C18H26N4O2/c19-12-16(13-4-2-1-3-5-13)21-17(23)14-6-8-15(9-7-14)22-11-10-20-18(22)24/h6-9,13,16H,1-5,10-12,19H2,(H,20,24)(H,21,23). The van der Waals surface area contributed by atoms with Crippen molar-refractivity contribution in [2.75, 3.05) is 24.5 Å². The van der Waals surface area contributed by atoms with E-state index in [4.69, 9.17) is 5.73 Å². The first-order valence-electron chi connectivity index (χ1n) is 8.85. The van der Waals surface area contributed by atoms with Crippen molar-refractivity contribution in [3.8, 4) is 0 Å². The van der Waals surface area contributed by atoms with E-state index in [1.54, 1.807) is 17.0 Å². The van der Waals surface area contributed by atoms with Crippen LogP contribution in [0.3, 0.4) is 0 Å². The van der Waals surface area contributed by atoms with Gasteiger partial charge in [0.1, 0.15) is 0 Å². The molecule has 0 aromatic heterocycles. The van der Waals surface area contributed by atoms with Gasteiger partial charge in [0, 0.05) is 36.9 Å². The van der Waals surface area contributed by atoms with Gasteiger partial charge in [-0.2, -0.15) is 0 Å². The van der Waals surface area contributed by atoms with Crippen molar-refractivity contribution >= 4 is 17.6 Å². The molecule has 2 fully saturated rings. The van der Waals surface area contributed by atoms with Crippen molar-refractivity contribution in [3.63, 3.8) is 0 Å². The maximum atomic E-state index is 12.5. The summed E-state index contributed by atoms with van der Waals surface area (Å²) in [7, 11) is 0. The Morgan fingerprint density at radius 2 is 1.96 bits per heavy atom. The number of benzene rings is 1. The summed E-state index contributed by atoms with van der Waals surface area (Å²) in [5.74, 6) is 0.397. The molecule has 6 nitrogen and oxygen atoms in total. The predicted molar refractivity (Wildman–Crippen MR) is 94.1 cm³/mol. The lowest BCUT2D eigenvalue weighted by Crippen LogP contribution is -2.45. The summed E-state index contributed by atoms with van der Waals surface area (Å²) < 4.78 is 0. The molecule has 24 heavy (non-hydrogen) atoms. The van der Waals surface area contributed by atoms with Gasteiger partial charge in [-0.3, -0.25) is 9.69 Å². The number of carbonyl (C=O) groups excluding carboxylic acids is 2. The third-order valence-corrected chi connectivity index (χ3v) is 5.09. The van der Waals surface area contributed by atoms with E-state index in [9.17, 15) is 9.59 Å². The van der Waals surface area contributed by atoms with Crippen LogP contribution >= 0.6 is 0 Å². The van der Waals surface area contributed by atoms with Gasteiger partial charge in [-0.25, -0.2) is 4.79 Å². The highest BCUT2D eigenvalue weighted by atomic mass is 16.2. The predicted octanol–water partition coefficient (Wildman–Crippen LogP) is 1.85. The van der Waals surface area contributed by atoms with E-state index in [-0.39, 0.29) is 18.0 Å². The molecule has 0 spiro atoms. The van der Waals surface area contributed by atoms with E-state index in [1.165, 1.54) is 19.3 Å². The molecule has 3 rings (SSSR count). The molecule has 4 N–H and O–H groups in total. The maximum absolute atomic E-state index is 12.5. The highest BCUT2D eigenvalue weighted by Crippen LogP contribution is 2.26. The van der Waals surface area contributed by atoms with Crippen LogP contribution in [-0.2, 0) is 0 Å². The van der Waals surface area contributed by atoms with Gasteiger partial charge >= 0.3 is 6.03 Å². The van der Waals surface area contributed by atoms with Crippen molar-refractivity contribution in [2.24, 2.45) is 11.7 Å². The number of carbonyl (C=O) groups is 2. The zero-order chi connectivity index (χ0) is 16.9. The van der Waals surface area contributed by atoms with Crippen LogP contribution in [0.4, 0.5) is 10.5 Å². The van der Waals surface area contributed by atoms with Gasteiger partial charge in [0.25, 0.3) is 5.91 Å². The first kappa shape index (κ1) is 16.8. The molecule has 0 bridgehead atoms. The number of nitrogens with zero attached hydrogens (tertiary/aromatic N) is 1. The lowest BCUT2D eigenvalue weighted by Gasteiger charge is -2.30. The third-order valence-electron chi connectivity index (χ3n) is 5.09. The zero-order valence-electron chi connectivity index (χ0n) is 14.0. The van der Waals surface area contributed by atoms with Crippen LogP contribution in [0.2, 0.25) is 0 Å². The molecule has 0 radical (unpaired) electrons. The van der Waals surface area contributed by atoms with Gasteiger partial charge in [-0.05, 0) is 43.0 Å². The minimum atomic E-state index is -0.0901. The van der Waals surface area contributed by atoms with Crippen molar-refractivity contribution in [1.29, 1.82) is 0 Å². The highest BCUT2D eigenvalue weighted by molar-refractivity contribution is 5.97. The smallest absolute Gasteiger partial charge is 0.321 e. The summed E-state index contributed by atoms with van der Waals surface area (Å²) in [6.07, 6.45) is 6.02. The summed E-state index contributed by atoms with van der Waals surface area (Å²) in [5, 5.41) is 5.86. The topological polar surface area (TPSA) is 87.5 Å². The monoisotopic (exact) mass is 330 g/mol. The number of hydrogen-bond acceptors (Lipinski definition) is 3. The van der Waals surface area contributed by atoms with Gasteiger partial charge in [-0.1, -0.05) is 19.3 Å². The molecule has 1 unspecified atom stereocenters. The van der Waals surface area contributed by atoms with E-state index in [0.717, 1.165) is 18.5 Å². The van der Waals surface area contributed by atoms with E-state index in [1.807, 2.05) is 12.1 Å². The summed E-state index contributed by atoms with van der Waals surface area (Å²) in [6, 6.07) is 7.13. The van der Waals surface area contributed by atoms with Gasteiger partial charge in [0.15, 0.2) is 0 Å². The molecule has 6 heteroatoms. The molecule has 3 amide bonds. The second-order valence-corrected chi connectivity index (χ2v) is 6.64. The van der Waals surface area contributed by atoms with E-state index >= 15 is 0 Å². The molecule has 1 heterocycles. The molecule has 1 saturated carbocycles. The van der Waals surface area contributed by atoms with Gasteiger partial charge in [0.05, 0.1) is 0 Å². The van der Waals surface area contributed by atoms with Crippen LogP contribution in [0.25, 0.3) is 0 Å². The second kappa shape index (κ2) is 7.66. The van der Waals surface area contributed by atoms with Gasteiger partial charge in [-0.15, -0.1) is 0 Å². The van der Waals surface area contributed by atoms with E-state index < -0.39 is 0 Å². The van der Waals surface area contributed by atoms with E-state index in [0.29, 0.717) is 31.1 Å². The Morgan fingerprint density at radius 1 is 1.25 bits per heavy atom. The van der Waals surface area contributed by atoms with Gasteiger partial charge in [0.2, 0.25) is 0 Å². The van der Waals surface area contributed by atoms with Crippen LogP contribution in [0.15, 0.2) is 24.3 Å². The Bertz CT molecular complexity index is 581. The number of rotatable bonds is 5. The SMILES string of the molecule is NCC(NC(=O)c1ccc(N2CCNC2=O)cc1)C1CCCCC1. The Hall–Kier alpha value is -2.08. The van der Waals surface area contributed by atoms with Crippen LogP contribution in [0, 0.1) is 5.92 Å². The summed E-state index contributed by atoms with van der Waals surface area (Å²) in [4.78, 5) is 25.8. The van der Waals surface area contributed by atoms with Crippen molar-refractivity contribution in [3.05, 3.63) is 29.8 Å². The van der Waals surface area contributed by atoms with Crippen LogP contribution < -0.4 is 21.3 Å². The fourth-order valence-corrected chi connectivity index (χ4v) is 3.67. The van der Waals surface area contributed by atoms with Crippen molar-refractivity contribution in [2.45, 2.75) is 38.1 Å². The molecule has 1 saturated heterocycles. The normalized spacial score (nSPS) is 19.9. The number of urea groups is 1.